The van der Waals surface area contributed by atoms with Crippen LogP contribution in [0.2, 0.25) is 0 Å². The number of carbonyl (C=O) groups excluding carboxylic acids is 1. The number of hydrogen-bond acceptors (Lipinski definition) is 5. The third kappa shape index (κ3) is 6.71. The van der Waals surface area contributed by atoms with E-state index in [2.05, 4.69) is 47.3 Å². The number of para-hydroxylation sites is 1. The Hall–Kier alpha value is -2.07. The van der Waals surface area contributed by atoms with E-state index in [9.17, 15) is 10.0 Å². The minimum Gasteiger partial charge on any atom is -0.492 e. The summed E-state index contributed by atoms with van der Waals surface area (Å²) >= 11 is 6.94. The fourth-order valence-electron chi connectivity index (χ4n) is 3.26. The second kappa shape index (κ2) is 12.8. The lowest BCUT2D eigenvalue weighted by molar-refractivity contribution is -0.115. The quantitative estimate of drug-likeness (QED) is 0.120. The van der Waals surface area contributed by atoms with Gasteiger partial charge in [-0.05, 0) is 59.1 Å². The monoisotopic (exact) mass is 586 g/mol. The molecule has 1 heterocycles. The van der Waals surface area contributed by atoms with Crippen molar-refractivity contribution in [3.8, 4) is 5.75 Å². The van der Waals surface area contributed by atoms with Gasteiger partial charge < -0.3 is 26.0 Å². The third-order valence-electron chi connectivity index (χ3n) is 4.78. The molecule has 0 aliphatic rings. The van der Waals surface area contributed by atoms with Gasteiger partial charge in [-0.3, -0.25) is 4.79 Å². The number of H-pyrrole nitrogens is 1. The molecule has 0 spiro atoms. The average molecular weight is 589 g/mol. The van der Waals surface area contributed by atoms with Gasteiger partial charge in [0.1, 0.15) is 11.5 Å². The number of rotatable bonds is 10. The summed E-state index contributed by atoms with van der Waals surface area (Å²) in [5.74, 6) is 0.177. The molecule has 10 heteroatoms. The zero-order chi connectivity index (χ0) is 22.2. The summed E-state index contributed by atoms with van der Waals surface area (Å²) in [6.07, 6.45) is 3.43. The van der Waals surface area contributed by atoms with Crippen LogP contribution >= 0.6 is 44.3 Å². The van der Waals surface area contributed by atoms with Crippen LogP contribution in [0.3, 0.4) is 0 Å². The van der Waals surface area contributed by atoms with E-state index < -0.39 is 5.91 Å². The van der Waals surface area contributed by atoms with Gasteiger partial charge in [-0.1, -0.05) is 39.3 Å². The van der Waals surface area contributed by atoms with E-state index in [1.807, 2.05) is 42.6 Å². The number of hydrogen-bond donors (Lipinski definition) is 4. The van der Waals surface area contributed by atoms with Crippen LogP contribution in [-0.2, 0) is 17.6 Å². The molecule has 0 atom stereocenters. The SMILES string of the molecule is Cl.NCCCOc1c(Br)cc(Br)cc1C/C(=N/O)C(=O)NCCc1c[nH]c2ccccc12. The van der Waals surface area contributed by atoms with Gasteiger partial charge in [0.15, 0.2) is 0 Å². The molecule has 5 N–H and O–H groups in total. The van der Waals surface area contributed by atoms with Crippen LogP contribution in [0.15, 0.2) is 56.7 Å². The summed E-state index contributed by atoms with van der Waals surface area (Å²) in [6.45, 7) is 1.39. The van der Waals surface area contributed by atoms with Crippen LogP contribution in [0.25, 0.3) is 10.9 Å². The van der Waals surface area contributed by atoms with E-state index >= 15 is 0 Å². The number of carbonyl (C=O) groups is 1. The molecule has 32 heavy (non-hydrogen) atoms. The zero-order valence-electron chi connectivity index (χ0n) is 17.2. The fraction of sp³-hybridized carbons (Fsp3) is 0.273. The second-order valence-corrected chi connectivity index (χ2v) is 8.73. The number of oxime groups is 1. The molecule has 1 amide bonds. The van der Waals surface area contributed by atoms with E-state index in [4.69, 9.17) is 10.5 Å². The number of aromatic nitrogens is 1. The van der Waals surface area contributed by atoms with Gasteiger partial charge in [0, 0.05) is 40.1 Å². The zero-order valence-corrected chi connectivity index (χ0v) is 21.2. The van der Waals surface area contributed by atoms with Crippen molar-refractivity contribution in [3.63, 3.8) is 0 Å². The molecule has 3 aromatic rings. The maximum absolute atomic E-state index is 12.6. The molecular weight excluding hydrogens is 564 g/mol. The molecule has 2 aromatic carbocycles. The number of halogens is 3. The van der Waals surface area contributed by atoms with Crippen molar-refractivity contribution in [1.29, 1.82) is 0 Å². The Morgan fingerprint density at radius 2 is 2.00 bits per heavy atom. The van der Waals surface area contributed by atoms with Crippen molar-refractivity contribution in [2.75, 3.05) is 19.7 Å². The Morgan fingerprint density at radius 3 is 2.75 bits per heavy atom. The average Bonchev–Trinajstić information content (AvgIpc) is 3.16. The molecule has 0 unspecified atom stereocenters. The highest BCUT2D eigenvalue weighted by Gasteiger charge is 2.18. The van der Waals surface area contributed by atoms with E-state index in [1.54, 1.807) is 0 Å². The summed E-state index contributed by atoms with van der Waals surface area (Å²) in [4.78, 5) is 15.8. The van der Waals surface area contributed by atoms with Crippen molar-refractivity contribution >= 4 is 66.8 Å². The Bertz CT molecular complexity index is 1090. The van der Waals surface area contributed by atoms with Crippen LogP contribution < -0.4 is 15.8 Å². The number of benzene rings is 2. The summed E-state index contributed by atoms with van der Waals surface area (Å²) in [6, 6.07) is 11.7. The second-order valence-electron chi connectivity index (χ2n) is 6.96. The lowest BCUT2D eigenvalue weighted by Gasteiger charge is -2.14. The molecule has 0 saturated carbocycles. The number of aromatic amines is 1. The van der Waals surface area contributed by atoms with Crippen molar-refractivity contribution in [2.24, 2.45) is 10.9 Å². The van der Waals surface area contributed by atoms with Crippen LogP contribution in [-0.4, -0.2) is 41.5 Å². The molecule has 172 valence electrons. The third-order valence-corrected chi connectivity index (χ3v) is 5.82. The van der Waals surface area contributed by atoms with Crippen LogP contribution in [0.5, 0.6) is 5.75 Å². The highest BCUT2D eigenvalue weighted by atomic mass is 79.9. The molecule has 1 aromatic heterocycles. The van der Waals surface area contributed by atoms with Crippen molar-refractivity contribution in [3.05, 3.63) is 62.7 Å². The number of ether oxygens (including phenoxy) is 1. The molecule has 0 fully saturated rings. The van der Waals surface area contributed by atoms with Crippen molar-refractivity contribution < 1.29 is 14.7 Å². The first kappa shape index (κ1) is 26.2. The molecule has 0 aliphatic carbocycles. The van der Waals surface area contributed by atoms with E-state index in [1.165, 1.54) is 0 Å². The number of fused-ring (bicyclic) bond motifs is 1. The Labute approximate surface area is 209 Å². The van der Waals surface area contributed by atoms with E-state index in [0.717, 1.165) is 31.0 Å². The summed E-state index contributed by atoms with van der Waals surface area (Å²) in [5.41, 5.74) is 8.44. The molecular formula is C22H25Br2ClN4O3. The van der Waals surface area contributed by atoms with Gasteiger partial charge in [0.05, 0.1) is 11.1 Å². The minimum atomic E-state index is -0.425. The molecule has 0 bridgehead atoms. The Morgan fingerprint density at radius 1 is 1.22 bits per heavy atom. The van der Waals surface area contributed by atoms with Crippen molar-refractivity contribution in [1.82, 2.24) is 10.3 Å². The lowest BCUT2D eigenvalue weighted by atomic mass is 10.1. The highest BCUT2D eigenvalue weighted by Crippen LogP contribution is 2.33. The van der Waals surface area contributed by atoms with Gasteiger partial charge in [0.2, 0.25) is 0 Å². The molecule has 0 radical (unpaired) electrons. The summed E-state index contributed by atoms with van der Waals surface area (Å²) in [5, 5.41) is 16.7. The van der Waals surface area contributed by atoms with Gasteiger partial charge in [-0.25, -0.2) is 0 Å². The van der Waals surface area contributed by atoms with Gasteiger partial charge >= 0.3 is 0 Å². The predicted molar refractivity (Wildman–Crippen MR) is 136 cm³/mol. The minimum absolute atomic E-state index is 0. The van der Waals surface area contributed by atoms with Crippen LogP contribution in [0.4, 0.5) is 0 Å². The van der Waals surface area contributed by atoms with Crippen LogP contribution in [0.1, 0.15) is 17.5 Å². The van der Waals surface area contributed by atoms with Crippen molar-refractivity contribution in [2.45, 2.75) is 19.3 Å². The number of nitrogens with two attached hydrogens (primary N) is 1. The first-order valence-corrected chi connectivity index (χ1v) is 11.5. The van der Waals surface area contributed by atoms with Gasteiger partial charge in [-0.2, -0.15) is 0 Å². The normalized spacial score (nSPS) is 11.3. The fourth-order valence-corrected chi connectivity index (χ4v) is 4.68. The van der Waals surface area contributed by atoms with E-state index in [-0.39, 0.29) is 24.5 Å². The molecule has 0 saturated heterocycles. The largest absolute Gasteiger partial charge is 0.492 e. The van der Waals surface area contributed by atoms with Gasteiger partial charge in [0.25, 0.3) is 5.91 Å². The molecule has 3 rings (SSSR count). The topological polar surface area (TPSA) is 113 Å². The molecule has 0 aliphatic heterocycles. The Kier molecular flexibility index (Phi) is 10.5. The smallest absolute Gasteiger partial charge is 0.269 e. The molecule has 7 nitrogen and oxygen atoms in total. The number of amides is 1. The first-order chi connectivity index (χ1) is 15.0. The van der Waals surface area contributed by atoms with Crippen LogP contribution in [0, 0.1) is 0 Å². The summed E-state index contributed by atoms with van der Waals surface area (Å²) in [7, 11) is 0. The lowest BCUT2D eigenvalue weighted by Crippen LogP contribution is -2.33. The summed E-state index contributed by atoms with van der Waals surface area (Å²) < 4.78 is 7.40. The van der Waals surface area contributed by atoms with E-state index in [0.29, 0.717) is 38.3 Å². The Balaban J connectivity index is 0.00000363. The number of nitrogens with one attached hydrogen (secondary N) is 2. The number of nitrogens with zero attached hydrogens (tertiary/aromatic N) is 1. The predicted octanol–water partition coefficient (Wildman–Crippen LogP) is 4.57. The first-order valence-electron chi connectivity index (χ1n) is 9.88. The highest BCUT2D eigenvalue weighted by molar-refractivity contribution is 9.11. The van der Waals surface area contributed by atoms with Gasteiger partial charge in [-0.15, -0.1) is 12.4 Å². The maximum atomic E-state index is 12.6. The standard InChI is InChI=1S/C22H24Br2N4O3.ClH/c23-16-10-15(21(18(24)12-16)31-9-3-7-25)11-20(28-30)22(29)26-8-6-14-13-27-19-5-2-1-4-17(14)19;/h1-2,4-5,10,12-13,27,30H,3,6-9,11,25H2,(H,26,29);1H/b28-20-;. The maximum Gasteiger partial charge on any atom is 0.269 e.